The molecule has 0 spiro atoms. The van der Waals surface area contributed by atoms with E-state index in [1.807, 2.05) is 22.7 Å². The average Bonchev–Trinajstić information content (AvgIpc) is 3.89. The van der Waals surface area contributed by atoms with Crippen molar-refractivity contribution in [2.75, 3.05) is 13.2 Å². The highest BCUT2D eigenvalue weighted by atomic mass is 32.1. The van der Waals surface area contributed by atoms with E-state index < -0.39 is 0 Å². The summed E-state index contributed by atoms with van der Waals surface area (Å²) in [5.74, 6) is 3.59. The molecule has 3 atom stereocenters. The molecular weight excluding hydrogens is 657 g/mol. The molecule has 5 rings (SSSR count). The van der Waals surface area contributed by atoms with Gasteiger partial charge in [0, 0.05) is 41.9 Å². The average molecular weight is 711 g/mol. The summed E-state index contributed by atoms with van der Waals surface area (Å²) in [5, 5.41) is 7.85. The summed E-state index contributed by atoms with van der Waals surface area (Å²) in [6, 6.07) is 6.85. The maximum atomic E-state index is 13.7. The molecule has 0 aliphatic carbocycles. The van der Waals surface area contributed by atoms with Crippen LogP contribution in [0, 0.1) is 17.8 Å². The monoisotopic (exact) mass is 710 g/mol. The highest BCUT2D eigenvalue weighted by molar-refractivity contribution is 7.30. The van der Waals surface area contributed by atoms with Gasteiger partial charge < -0.3 is 9.47 Å². The third-order valence-corrected chi connectivity index (χ3v) is 14.3. The number of Topliss-reactive ketones (excluding diaryl/α,β-unsaturated/α-hetero) is 1. The summed E-state index contributed by atoms with van der Waals surface area (Å²) in [5.41, 5.74) is 0. The number of carbonyl (C=O) groups is 1. The predicted octanol–water partition coefficient (Wildman–Crippen LogP) is 14.6. The molecule has 0 amide bonds. The second-order valence-corrected chi connectivity index (χ2v) is 17.1. The van der Waals surface area contributed by atoms with E-state index in [1.165, 1.54) is 73.2 Å². The zero-order valence-electron chi connectivity index (χ0n) is 29.4. The minimum Gasteiger partial charge on any atom is -0.491 e. The maximum absolute atomic E-state index is 13.7. The second-order valence-electron chi connectivity index (χ2n) is 13.2. The van der Waals surface area contributed by atoms with Crippen molar-refractivity contribution in [2.24, 2.45) is 17.8 Å². The summed E-state index contributed by atoms with van der Waals surface area (Å²) < 4.78 is 17.3. The van der Waals surface area contributed by atoms with Crippen molar-refractivity contribution >= 4 is 81.4 Å². The molecule has 0 N–H and O–H groups in total. The number of ketones is 1. The van der Waals surface area contributed by atoms with Crippen LogP contribution in [0.2, 0.25) is 0 Å². The lowest BCUT2D eigenvalue weighted by molar-refractivity contribution is 0.0914. The summed E-state index contributed by atoms with van der Waals surface area (Å²) in [7, 11) is 0. The van der Waals surface area contributed by atoms with Gasteiger partial charge >= 0.3 is 0 Å². The van der Waals surface area contributed by atoms with Crippen LogP contribution in [0.25, 0.3) is 40.0 Å². The smallest absolute Gasteiger partial charge is 0.176 e. The first-order valence-electron chi connectivity index (χ1n) is 18.2. The summed E-state index contributed by atoms with van der Waals surface area (Å²) in [6.45, 7) is 15.0. The molecule has 0 bridgehead atoms. The Morgan fingerprint density at radius 2 is 1.28 bits per heavy atom. The molecule has 7 heteroatoms. The van der Waals surface area contributed by atoms with E-state index in [9.17, 15) is 4.79 Å². The molecule has 3 nitrogen and oxygen atoms in total. The van der Waals surface area contributed by atoms with Gasteiger partial charge in [0.2, 0.25) is 0 Å². The van der Waals surface area contributed by atoms with Crippen molar-refractivity contribution in [3.05, 3.63) is 33.8 Å². The van der Waals surface area contributed by atoms with Crippen LogP contribution in [0.1, 0.15) is 128 Å². The molecule has 256 valence electrons. The molecule has 0 fully saturated rings. The Balaban J connectivity index is 1.56. The van der Waals surface area contributed by atoms with E-state index in [4.69, 9.17) is 9.47 Å². The van der Waals surface area contributed by atoms with E-state index in [-0.39, 0.29) is 5.92 Å². The minimum absolute atomic E-state index is 0.116. The van der Waals surface area contributed by atoms with Crippen LogP contribution >= 0.6 is 45.3 Å². The highest BCUT2D eigenvalue weighted by Gasteiger charge is 2.25. The van der Waals surface area contributed by atoms with Crippen LogP contribution < -0.4 is 9.47 Å². The Morgan fingerprint density at radius 3 is 1.89 bits per heavy atom. The van der Waals surface area contributed by atoms with Gasteiger partial charge in [0.05, 0.1) is 27.5 Å². The van der Waals surface area contributed by atoms with Gasteiger partial charge in [0.1, 0.15) is 11.5 Å². The molecule has 0 saturated heterocycles. The third-order valence-electron chi connectivity index (χ3n) is 9.84. The standard InChI is InChI=1S/C40H54O3S4/c1-7-13-16-26(10-4)23-42-36-29-19-20-44-39(29)37(43-24-27(11-5)17-14-8-2)31-22-33(47-40(31)36)32-21-30-34(46-32)25-45-38(30)35(41)28(12-6)18-15-9-3/h19-22,25-28H,7-18,23-24H2,1-6H3. The van der Waals surface area contributed by atoms with Crippen LogP contribution in [0.5, 0.6) is 11.5 Å². The molecule has 1 aromatic carbocycles. The van der Waals surface area contributed by atoms with E-state index in [1.54, 1.807) is 22.7 Å². The van der Waals surface area contributed by atoms with Crippen LogP contribution in [0.4, 0.5) is 0 Å². The second kappa shape index (κ2) is 17.6. The summed E-state index contributed by atoms with van der Waals surface area (Å²) in [6.07, 6.45) is 13.7. The lowest BCUT2D eigenvalue weighted by Gasteiger charge is -2.19. The fourth-order valence-electron chi connectivity index (χ4n) is 6.56. The Kier molecular flexibility index (Phi) is 13.6. The van der Waals surface area contributed by atoms with E-state index in [0.717, 1.165) is 73.5 Å². The number of carbonyl (C=O) groups excluding carboxylic acids is 1. The van der Waals surface area contributed by atoms with Gasteiger partial charge in [0.15, 0.2) is 5.78 Å². The number of hydrogen-bond donors (Lipinski definition) is 0. The molecule has 0 aliphatic rings. The van der Waals surface area contributed by atoms with Crippen LogP contribution in [-0.2, 0) is 0 Å². The number of ether oxygens (including phenoxy) is 2. The summed E-state index contributed by atoms with van der Waals surface area (Å²) >= 11 is 7.03. The largest absolute Gasteiger partial charge is 0.491 e. The number of hydrogen-bond acceptors (Lipinski definition) is 7. The topological polar surface area (TPSA) is 35.5 Å². The van der Waals surface area contributed by atoms with E-state index >= 15 is 0 Å². The van der Waals surface area contributed by atoms with Crippen molar-refractivity contribution in [1.29, 1.82) is 0 Å². The van der Waals surface area contributed by atoms with E-state index in [0.29, 0.717) is 17.6 Å². The van der Waals surface area contributed by atoms with E-state index in [2.05, 4.69) is 70.5 Å². The molecule has 0 aliphatic heterocycles. The first-order valence-corrected chi connectivity index (χ1v) is 21.6. The third kappa shape index (κ3) is 8.28. The fraction of sp³-hybridized carbons (Fsp3) is 0.575. The van der Waals surface area contributed by atoms with Crippen molar-refractivity contribution in [2.45, 2.75) is 119 Å². The predicted molar refractivity (Wildman–Crippen MR) is 211 cm³/mol. The fourth-order valence-corrected chi connectivity index (χ4v) is 11.0. The van der Waals surface area contributed by atoms with Gasteiger partial charge in [-0.15, -0.1) is 45.3 Å². The van der Waals surface area contributed by atoms with Crippen LogP contribution in [0.3, 0.4) is 0 Å². The zero-order valence-corrected chi connectivity index (χ0v) is 32.6. The molecule has 3 unspecified atom stereocenters. The zero-order chi connectivity index (χ0) is 33.3. The van der Waals surface area contributed by atoms with Crippen LogP contribution in [0.15, 0.2) is 29.0 Å². The Bertz CT molecular complexity index is 1650. The van der Waals surface area contributed by atoms with Gasteiger partial charge in [-0.1, -0.05) is 92.9 Å². The number of rotatable bonds is 21. The Labute approximate surface area is 298 Å². The lowest BCUT2D eigenvalue weighted by atomic mass is 9.93. The minimum atomic E-state index is 0.116. The Morgan fingerprint density at radius 1 is 0.681 bits per heavy atom. The van der Waals surface area contributed by atoms with Crippen LogP contribution in [-0.4, -0.2) is 19.0 Å². The Hall–Kier alpha value is -1.93. The molecule has 0 radical (unpaired) electrons. The molecule has 5 aromatic rings. The van der Waals surface area contributed by atoms with Gasteiger partial charge in [-0.3, -0.25) is 4.79 Å². The van der Waals surface area contributed by atoms with Crippen molar-refractivity contribution in [3.63, 3.8) is 0 Å². The lowest BCUT2D eigenvalue weighted by Crippen LogP contribution is -2.12. The van der Waals surface area contributed by atoms with Crippen molar-refractivity contribution in [1.82, 2.24) is 0 Å². The number of unbranched alkanes of at least 4 members (excludes halogenated alkanes) is 3. The number of benzene rings is 1. The number of thiophene rings is 4. The van der Waals surface area contributed by atoms with Crippen molar-refractivity contribution < 1.29 is 14.3 Å². The SMILES string of the molecule is CCCCC(CC)COc1c2cc(-c3cc4c(C(=O)C(CC)CCCC)scc4s3)sc2c(OCC(CC)CCCC)c2ccsc12. The molecule has 4 aromatic heterocycles. The van der Waals surface area contributed by atoms with Gasteiger partial charge in [-0.25, -0.2) is 0 Å². The molecule has 47 heavy (non-hydrogen) atoms. The molecular formula is C40H54O3S4. The molecule has 4 heterocycles. The first kappa shape index (κ1) is 36.4. The van der Waals surface area contributed by atoms with Crippen molar-refractivity contribution in [3.8, 4) is 21.3 Å². The van der Waals surface area contributed by atoms with Gasteiger partial charge in [-0.2, -0.15) is 0 Å². The van der Waals surface area contributed by atoms with Gasteiger partial charge in [-0.05, 0) is 61.1 Å². The summed E-state index contributed by atoms with van der Waals surface area (Å²) in [4.78, 5) is 17.1. The maximum Gasteiger partial charge on any atom is 0.176 e. The highest BCUT2D eigenvalue weighted by Crippen LogP contribution is 2.52. The van der Waals surface area contributed by atoms with Gasteiger partial charge in [0.25, 0.3) is 0 Å². The quantitative estimate of drug-likeness (QED) is 0.0711. The number of fused-ring (bicyclic) bond motifs is 3. The normalized spacial score (nSPS) is 13.9. The first-order chi connectivity index (χ1) is 23.0. The molecule has 0 saturated carbocycles.